The van der Waals surface area contributed by atoms with E-state index in [9.17, 15) is 0 Å². The molecule has 0 amide bonds. The minimum atomic E-state index is 0.925. The van der Waals surface area contributed by atoms with Crippen molar-refractivity contribution in [2.45, 2.75) is 0 Å². The molecule has 4 heterocycles. The van der Waals surface area contributed by atoms with Crippen molar-refractivity contribution in [2.75, 3.05) is 0 Å². The lowest BCUT2D eigenvalue weighted by Crippen LogP contribution is -1.94. The lowest BCUT2D eigenvalue weighted by atomic mass is 9.97. The molecule has 8 aromatic rings. The van der Waals surface area contributed by atoms with E-state index in [1.807, 2.05) is 55.0 Å². The Morgan fingerprint density at radius 1 is 0.372 bits per heavy atom. The van der Waals surface area contributed by atoms with E-state index in [4.69, 9.17) is 4.98 Å². The first-order valence-electron chi connectivity index (χ1n) is 14.4. The van der Waals surface area contributed by atoms with Gasteiger partial charge in [-0.05, 0) is 78.4 Å². The highest BCUT2D eigenvalue weighted by molar-refractivity contribution is 6.09. The van der Waals surface area contributed by atoms with Gasteiger partial charge >= 0.3 is 0 Å². The molecule has 0 aliphatic heterocycles. The van der Waals surface area contributed by atoms with Crippen LogP contribution in [0, 0.1) is 0 Å². The summed E-state index contributed by atoms with van der Waals surface area (Å²) in [6.45, 7) is 0. The molecule has 0 N–H and O–H groups in total. The quantitative estimate of drug-likeness (QED) is 0.214. The average Bonchev–Trinajstić information content (AvgIpc) is 3.43. The van der Waals surface area contributed by atoms with Crippen molar-refractivity contribution >= 4 is 21.8 Å². The molecule has 0 spiro atoms. The number of benzene rings is 4. The topological polar surface area (TPSA) is 43.6 Å². The summed E-state index contributed by atoms with van der Waals surface area (Å²) < 4.78 is 2.33. The number of aromatic nitrogens is 4. The van der Waals surface area contributed by atoms with Crippen LogP contribution in [-0.4, -0.2) is 19.5 Å². The van der Waals surface area contributed by atoms with Gasteiger partial charge in [-0.25, -0.2) is 0 Å². The van der Waals surface area contributed by atoms with Crippen molar-refractivity contribution in [1.82, 2.24) is 19.5 Å². The van der Waals surface area contributed by atoms with Gasteiger partial charge in [-0.3, -0.25) is 15.0 Å². The van der Waals surface area contributed by atoms with Crippen LogP contribution in [0.3, 0.4) is 0 Å². The third-order valence-electron chi connectivity index (χ3n) is 7.95. The fourth-order valence-corrected chi connectivity index (χ4v) is 5.87. The van der Waals surface area contributed by atoms with Gasteiger partial charge in [0.05, 0.1) is 28.1 Å². The lowest BCUT2D eigenvalue weighted by molar-refractivity contribution is 1.18. The highest BCUT2D eigenvalue weighted by Crippen LogP contribution is 2.34. The smallest absolute Gasteiger partial charge is 0.0702 e. The third-order valence-corrected chi connectivity index (χ3v) is 7.95. The molecule has 4 aromatic carbocycles. The van der Waals surface area contributed by atoms with Gasteiger partial charge in [0.1, 0.15) is 0 Å². The maximum Gasteiger partial charge on any atom is 0.0702 e. The van der Waals surface area contributed by atoms with Crippen LogP contribution >= 0.6 is 0 Å². The Hall–Kier alpha value is -5.87. The van der Waals surface area contributed by atoms with Gasteiger partial charge in [-0.1, -0.05) is 66.7 Å². The number of hydrogen-bond acceptors (Lipinski definition) is 3. The molecule has 8 rings (SSSR count). The Morgan fingerprint density at radius 2 is 0.884 bits per heavy atom. The number of nitrogens with zero attached hydrogens (tertiary/aromatic N) is 4. The minimum Gasteiger partial charge on any atom is -0.309 e. The first-order valence-corrected chi connectivity index (χ1v) is 14.4. The second-order valence-electron chi connectivity index (χ2n) is 10.6. The van der Waals surface area contributed by atoms with Crippen LogP contribution in [0.2, 0.25) is 0 Å². The first-order chi connectivity index (χ1) is 21.3. The Bertz CT molecular complexity index is 2090. The molecule has 4 nitrogen and oxygen atoms in total. The number of hydrogen-bond donors (Lipinski definition) is 0. The van der Waals surface area contributed by atoms with Crippen molar-refractivity contribution in [3.05, 3.63) is 158 Å². The van der Waals surface area contributed by atoms with E-state index in [-0.39, 0.29) is 0 Å². The molecule has 202 valence electrons. The van der Waals surface area contributed by atoms with E-state index in [0.29, 0.717) is 0 Å². The molecule has 4 aromatic heterocycles. The molecular weight excluding hydrogens is 524 g/mol. The molecular formula is C39H26N4. The van der Waals surface area contributed by atoms with Crippen molar-refractivity contribution < 1.29 is 0 Å². The predicted molar refractivity (Wildman–Crippen MR) is 176 cm³/mol. The standard InChI is InChI=1S/C39H26N4/c1-3-13-38-33(9-1)34-10-2-4-14-39(34)43(38)32-18-15-27(16-19-32)37-20-17-28(26-42-37)29-23-30(35-11-5-7-21-40-35)25-31(24-29)36-12-6-8-22-41-36/h1-26H. The first kappa shape index (κ1) is 24.9. The highest BCUT2D eigenvalue weighted by Gasteiger charge is 2.12. The summed E-state index contributed by atoms with van der Waals surface area (Å²) in [5, 5.41) is 2.52. The second kappa shape index (κ2) is 10.5. The fraction of sp³-hybridized carbons (Fsp3) is 0. The summed E-state index contributed by atoms with van der Waals surface area (Å²) in [4.78, 5) is 14.1. The fourth-order valence-electron chi connectivity index (χ4n) is 5.87. The van der Waals surface area contributed by atoms with Gasteiger partial charge in [0, 0.05) is 57.3 Å². The third kappa shape index (κ3) is 4.55. The van der Waals surface area contributed by atoms with Gasteiger partial charge in [-0.15, -0.1) is 0 Å². The van der Waals surface area contributed by atoms with Gasteiger partial charge in [0.25, 0.3) is 0 Å². The maximum atomic E-state index is 4.88. The molecule has 0 fully saturated rings. The Balaban J connectivity index is 1.15. The van der Waals surface area contributed by atoms with Gasteiger partial charge in [-0.2, -0.15) is 0 Å². The van der Waals surface area contributed by atoms with Crippen LogP contribution < -0.4 is 0 Å². The van der Waals surface area contributed by atoms with Crippen LogP contribution in [0.15, 0.2) is 158 Å². The second-order valence-corrected chi connectivity index (χ2v) is 10.6. The number of para-hydroxylation sites is 2. The van der Waals surface area contributed by atoms with Crippen molar-refractivity contribution in [3.63, 3.8) is 0 Å². The predicted octanol–water partition coefficient (Wildman–Crippen LogP) is 9.64. The molecule has 0 aliphatic rings. The molecule has 0 bridgehead atoms. The molecule has 0 atom stereocenters. The Kier molecular flexibility index (Phi) is 6.08. The van der Waals surface area contributed by atoms with Crippen LogP contribution in [0.25, 0.3) is 72.4 Å². The summed E-state index contributed by atoms with van der Waals surface area (Å²) >= 11 is 0. The SMILES string of the molecule is c1ccc(-c2cc(-c3ccc(-c4ccc(-n5c6ccccc6c6ccccc65)cc4)nc3)cc(-c3ccccn3)c2)nc1. The van der Waals surface area contributed by atoms with Crippen LogP contribution in [0.5, 0.6) is 0 Å². The zero-order valence-electron chi connectivity index (χ0n) is 23.3. The largest absolute Gasteiger partial charge is 0.309 e. The van der Waals surface area contributed by atoms with E-state index >= 15 is 0 Å². The molecule has 0 unspecified atom stereocenters. The Morgan fingerprint density at radius 3 is 1.42 bits per heavy atom. The van der Waals surface area contributed by atoms with Crippen LogP contribution in [0.1, 0.15) is 0 Å². The molecule has 43 heavy (non-hydrogen) atoms. The van der Waals surface area contributed by atoms with Gasteiger partial charge in [0.15, 0.2) is 0 Å². The van der Waals surface area contributed by atoms with Crippen molar-refractivity contribution in [1.29, 1.82) is 0 Å². The average molecular weight is 551 g/mol. The van der Waals surface area contributed by atoms with Gasteiger partial charge in [0.2, 0.25) is 0 Å². The molecule has 0 saturated heterocycles. The molecule has 0 radical (unpaired) electrons. The summed E-state index contributed by atoms with van der Waals surface area (Å²) in [6, 6.07) is 48.5. The minimum absolute atomic E-state index is 0.925. The summed E-state index contributed by atoms with van der Waals surface area (Å²) in [6.07, 6.45) is 5.60. The van der Waals surface area contributed by atoms with Crippen LogP contribution in [-0.2, 0) is 0 Å². The zero-order chi connectivity index (χ0) is 28.6. The lowest BCUT2D eigenvalue weighted by Gasteiger charge is -2.11. The zero-order valence-corrected chi connectivity index (χ0v) is 23.3. The van der Waals surface area contributed by atoms with E-state index in [2.05, 4.69) is 118 Å². The molecule has 0 saturated carbocycles. The normalized spacial score (nSPS) is 11.3. The van der Waals surface area contributed by atoms with Crippen LogP contribution in [0.4, 0.5) is 0 Å². The number of rotatable bonds is 5. The molecule has 4 heteroatoms. The monoisotopic (exact) mass is 550 g/mol. The van der Waals surface area contributed by atoms with Gasteiger partial charge < -0.3 is 4.57 Å². The van der Waals surface area contributed by atoms with E-state index < -0.39 is 0 Å². The van der Waals surface area contributed by atoms with E-state index in [1.54, 1.807) is 0 Å². The van der Waals surface area contributed by atoms with E-state index in [1.165, 1.54) is 21.8 Å². The number of pyridine rings is 3. The summed E-state index contributed by atoms with van der Waals surface area (Å²) in [5.74, 6) is 0. The summed E-state index contributed by atoms with van der Waals surface area (Å²) in [5.41, 5.74) is 11.6. The summed E-state index contributed by atoms with van der Waals surface area (Å²) in [7, 11) is 0. The van der Waals surface area contributed by atoms with E-state index in [0.717, 1.165) is 50.6 Å². The molecule has 0 aliphatic carbocycles. The maximum absolute atomic E-state index is 4.88. The number of fused-ring (bicyclic) bond motifs is 3. The van der Waals surface area contributed by atoms with Crippen molar-refractivity contribution in [3.8, 4) is 50.6 Å². The van der Waals surface area contributed by atoms with Crippen molar-refractivity contribution in [2.24, 2.45) is 0 Å². The highest BCUT2D eigenvalue weighted by atomic mass is 15.0. The Labute approximate surface area is 249 Å².